The molecule has 3 N–H and O–H groups in total. The Bertz CT molecular complexity index is 547. The largest absolute Gasteiger partial charge is 0.504 e. The average Bonchev–Trinajstić information content (AvgIpc) is 2.25. The minimum atomic E-state index is -0.833. The highest BCUT2D eigenvalue weighted by molar-refractivity contribution is 6.33. The molecule has 0 atom stereocenters. The number of fused-ring (bicyclic) bond motifs is 1. The van der Waals surface area contributed by atoms with E-state index in [0.717, 1.165) is 12.3 Å². The summed E-state index contributed by atoms with van der Waals surface area (Å²) in [5.41, 5.74) is 0. The summed E-state index contributed by atoms with van der Waals surface area (Å²) in [4.78, 5) is 9.00. The van der Waals surface area contributed by atoms with Crippen molar-refractivity contribution in [3.05, 3.63) is 35.4 Å². The topological polar surface area (TPSA) is 77.8 Å². The number of carboxylic acids is 1. The number of halogens is 1. The Morgan fingerprint density at radius 2 is 1.71 bits per heavy atom. The zero-order chi connectivity index (χ0) is 13.0. The molecule has 0 aromatic heterocycles. The van der Waals surface area contributed by atoms with E-state index in [1.165, 1.54) is 0 Å². The summed E-state index contributed by atoms with van der Waals surface area (Å²) >= 11 is 5.68. The molecule has 0 bridgehead atoms. The summed E-state index contributed by atoms with van der Waals surface area (Å²) in [6, 6.07) is 8.79. The monoisotopic (exact) mass is 254 g/mol. The number of aromatic hydroxyl groups is 2. The van der Waals surface area contributed by atoms with Crippen LogP contribution in [0.1, 0.15) is 6.92 Å². The number of benzene rings is 2. The second-order valence-electron chi connectivity index (χ2n) is 3.30. The summed E-state index contributed by atoms with van der Waals surface area (Å²) in [5, 5.41) is 27.8. The van der Waals surface area contributed by atoms with Crippen molar-refractivity contribution in [3.8, 4) is 11.5 Å². The van der Waals surface area contributed by atoms with E-state index >= 15 is 0 Å². The molecule has 2 aromatic carbocycles. The van der Waals surface area contributed by atoms with Crippen molar-refractivity contribution >= 4 is 28.3 Å². The van der Waals surface area contributed by atoms with Gasteiger partial charge < -0.3 is 15.3 Å². The minimum Gasteiger partial charge on any atom is -0.504 e. The van der Waals surface area contributed by atoms with Gasteiger partial charge >= 0.3 is 0 Å². The van der Waals surface area contributed by atoms with Gasteiger partial charge in [0.1, 0.15) is 0 Å². The summed E-state index contributed by atoms with van der Waals surface area (Å²) < 4.78 is 0. The van der Waals surface area contributed by atoms with Crippen molar-refractivity contribution in [2.24, 2.45) is 0 Å². The predicted molar refractivity (Wildman–Crippen MR) is 65.6 cm³/mol. The third-order valence-electron chi connectivity index (χ3n) is 1.95. The number of hydrogen-bond donors (Lipinski definition) is 3. The van der Waals surface area contributed by atoms with Gasteiger partial charge in [0.15, 0.2) is 11.5 Å². The van der Waals surface area contributed by atoms with Gasteiger partial charge in [-0.3, -0.25) is 4.79 Å². The van der Waals surface area contributed by atoms with Crippen LogP contribution in [0.2, 0.25) is 5.02 Å². The van der Waals surface area contributed by atoms with E-state index in [1.807, 2.05) is 12.1 Å². The summed E-state index contributed by atoms with van der Waals surface area (Å²) in [6.07, 6.45) is 0. The molecule has 0 spiro atoms. The molecule has 0 unspecified atom stereocenters. The van der Waals surface area contributed by atoms with Crippen molar-refractivity contribution in [3.63, 3.8) is 0 Å². The highest BCUT2D eigenvalue weighted by atomic mass is 35.5. The Hall–Kier alpha value is -1.94. The van der Waals surface area contributed by atoms with Gasteiger partial charge in [-0.05, 0) is 11.5 Å². The van der Waals surface area contributed by atoms with Gasteiger partial charge in [0, 0.05) is 12.3 Å². The lowest BCUT2D eigenvalue weighted by atomic mass is 10.1. The molecular formula is C12H11ClO4. The lowest BCUT2D eigenvalue weighted by Gasteiger charge is -2.04. The fourth-order valence-corrected chi connectivity index (χ4v) is 1.49. The maximum absolute atomic E-state index is 9.50. The van der Waals surface area contributed by atoms with Gasteiger partial charge in [-0.1, -0.05) is 35.9 Å². The van der Waals surface area contributed by atoms with Crippen molar-refractivity contribution in [2.75, 3.05) is 0 Å². The molecule has 5 heteroatoms. The van der Waals surface area contributed by atoms with Crippen LogP contribution in [0.4, 0.5) is 0 Å². The third-order valence-corrected chi connectivity index (χ3v) is 2.24. The van der Waals surface area contributed by atoms with E-state index in [0.29, 0.717) is 5.39 Å². The Morgan fingerprint density at radius 1 is 1.18 bits per heavy atom. The second kappa shape index (κ2) is 5.41. The summed E-state index contributed by atoms with van der Waals surface area (Å²) in [6.45, 7) is 1.08. The number of phenolic OH excluding ortho intramolecular Hbond substituents is 2. The van der Waals surface area contributed by atoms with Gasteiger partial charge in [0.05, 0.1) is 5.02 Å². The zero-order valence-electron chi connectivity index (χ0n) is 9.01. The molecule has 0 aliphatic rings. The van der Waals surface area contributed by atoms with E-state index in [9.17, 15) is 10.2 Å². The van der Waals surface area contributed by atoms with Crippen molar-refractivity contribution in [2.45, 2.75) is 6.92 Å². The normalized spacial score (nSPS) is 9.53. The minimum absolute atomic E-state index is 0.163. The van der Waals surface area contributed by atoms with Crippen LogP contribution in [-0.4, -0.2) is 21.3 Å². The van der Waals surface area contributed by atoms with Crippen LogP contribution in [0.15, 0.2) is 30.3 Å². The van der Waals surface area contributed by atoms with Crippen LogP contribution < -0.4 is 0 Å². The SMILES string of the molecule is CC(=O)O.Oc1c(Cl)cc2ccccc2c1O. The first-order valence-corrected chi connectivity index (χ1v) is 5.10. The first-order valence-electron chi connectivity index (χ1n) is 4.72. The molecule has 4 nitrogen and oxygen atoms in total. The third kappa shape index (κ3) is 3.26. The number of carboxylic acid groups (broad SMARTS) is 1. The van der Waals surface area contributed by atoms with Crippen molar-refractivity contribution in [1.29, 1.82) is 0 Å². The first kappa shape index (κ1) is 13.1. The van der Waals surface area contributed by atoms with Crippen LogP contribution in [-0.2, 0) is 4.79 Å². The number of rotatable bonds is 0. The van der Waals surface area contributed by atoms with Crippen LogP contribution in [0.3, 0.4) is 0 Å². The number of aliphatic carboxylic acids is 1. The first-order chi connectivity index (χ1) is 7.93. The molecule has 0 aliphatic carbocycles. The van der Waals surface area contributed by atoms with E-state index in [4.69, 9.17) is 21.5 Å². The molecule has 0 amide bonds. The fraction of sp³-hybridized carbons (Fsp3) is 0.0833. The van der Waals surface area contributed by atoms with Crippen LogP contribution in [0.5, 0.6) is 11.5 Å². The van der Waals surface area contributed by atoms with Gasteiger partial charge in [0.25, 0.3) is 5.97 Å². The van der Waals surface area contributed by atoms with Crippen molar-refractivity contribution in [1.82, 2.24) is 0 Å². The molecule has 90 valence electrons. The average molecular weight is 255 g/mol. The second-order valence-corrected chi connectivity index (χ2v) is 3.70. The number of phenols is 2. The van der Waals surface area contributed by atoms with Crippen LogP contribution in [0, 0.1) is 0 Å². The molecule has 0 aliphatic heterocycles. The molecular weight excluding hydrogens is 244 g/mol. The number of carbonyl (C=O) groups is 1. The molecule has 17 heavy (non-hydrogen) atoms. The van der Waals surface area contributed by atoms with Gasteiger partial charge in [-0.25, -0.2) is 0 Å². The van der Waals surface area contributed by atoms with Crippen LogP contribution in [0.25, 0.3) is 10.8 Å². The van der Waals surface area contributed by atoms with E-state index in [2.05, 4.69) is 0 Å². The fourth-order valence-electron chi connectivity index (χ4n) is 1.28. The molecule has 0 saturated carbocycles. The lowest BCUT2D eigenvalue weighted by molar-refractivity contribution is -0.134. The van der Waals surface area contributed by atoms with E-state index in [-0.39, 0.29) is 16.5 Å². The maximum atomic E-state index is 9.50. The highest BCUT2D eigenvalue weighted by Crippen LogP contribution is 2.39. The Labute approximate surface area is 103 Å². The van der Waals surface area contributed by atoms with E-state index < -0.39 is 5.97 Å². The molecule has 0 fully saturated rings. The summed E-state index contributed by atoms with van der Waals surface area (Å²) in [5.74, 6) is -1.26. The Balaban J connectivity index is 0.000000317. The molecule has 2 aromatic rings. The standard InChI is InChI=1S/C10H7ClO2.C2H4O2/c11-8-5-6-3-1-2-4-7(6)9(12)10(8)13;1-2(3)4/h1-5,12-13H;1H3,(H,3,4). The Kier molecular flexibility index (Phi) is 4.17. The van der Waals surface area contributed by atoms with Gasteiger partial charge in [-0.2, -0.15) is 0 Å². The molecule has 0 radical (unpaired) electrons. The predicted octanol–water partition coefficient (Wildman–Crippen LogP) is 3.00. The summed E-state index contributed by atoms with van der Waals surface area (Å²) in [7, 11) is 0. The maximum Gasteiger partial charge on any atom is 0.300 e. The van der Waals surface area contributed by atoms with Crippen molar-refractivity contribution < 1.29 is 20.1 Å². The van der Waals surface area contributed by atoms with Gasteiger partial charge in [0.2, 0.25) is 0 Å². The number of hydrogen-bond acceptors (Lipinski definition) is 3. The van der Waals surface area contributed by atoms with E-state index in [1.54, 1.807) is 18.2 Å². The zero-order valence-corrected chi connectivity index (χ0v) is 9.77. The molecule has 2 rings (SSSR count). The molecule has 0 heterocycles. The quantitative estimate of drug-likeness (QED) is 0.632. The van der Waals surface area contributed by atoms with Crippen LogP contribution >= 0.6 is 11.6 Å². The lowest BCUT2D eigenvalue weighted by Crippen LogP contribution is -1.78. The Morgan fingerprint density at radius 3 is 2.29 bits per heavy atom. The van der Waals surface area contributed by atoms with Gasteiger partial charge in [-0.15, -0.1) is 0 Å². The highest BCUT2D eigenvalue weighted by Gasteiger charge is 2.08. The smallest absolute Gasteiger partial charge is 0.300 e. The molecule has 0 saturated heterocycles.